The summed E-state index contributed by atoms with van der Waals surface area (Å²) < 4.78 is 15.7. The van der Waals surface area contributed by atoms with Crippen molar-refractivity contribution in [3.05, 3.63) is 58.0 Å². The topological polar surface area (TPSA) is 114 Å². The molecule has 0 aliphatic carbocycles. The Labute approximate surface area is 247 Å². The standard InChI is InChI=1S/C30H33FN8O2S/c1-4-24-29(36(3)30-34-28(18(2)42-30)23-6-5-21(31)13-20(23)14-32)39-26(33-24)8-7-25(35-39)19-9-11-37(12-10-19)17-27(41)38-15-22(40)16-38/h5-8,13,19,22,40H,4,9-12,15-17H2,1-3H3. The number of carbonyl (C=O) groups excluding carboxylic acids is 1. The SMILES string of the molecule is CCc1nc2ccc(C3CCN(CC(=O)N4CC(O)C4)CC3)nn2c1N(C)c1nc(-c2ccc(F)cc2C#N)c(C)s1. The Morgan fingerprint density at radius 3 is 2.67 bits per heavy atom. The summed E-state index contributed by atoms with van der Waals surface area (Å²) in [6, 6.07) is 10.4. The minimum absolute atomic E-state index is 0.0836. The number of anilines is 2. The second-order valence-corrected chi connectivity index (χ2v) is 12.2. The van der Waals surface area contributed by atoms with Crippen molar-refractivity contribution in [2.75, 3.05) is 44.7 Å². The molecule has 0 bridgehead atoms. The van der Waals surface area contributed by atoms with Crippen LogP contribution in [0.3, 0.4) is 0 Å². The van der Waals surface area contributed by atoms with Gasteiger partial charge in [0.2, 0.25) is 5.91 Å². The van der Waals surface area contributed by atoms with Gasteiger partial charge in [0.1, 0.15) is 5.82 Å². The molecule has 1 N–H and O–H groups in total. The number of β-amino-alcohol motifs (C(OH)–C–C–N with tert-alkyl or cyclic N) is 1. The predicted molar refractivity (Wildman–Crippen MR) is 158 cm³/mol. The number of hydrogen-bond acceptors (Lipinski definition) is 9. The summed E-state index contributed by atoms with van der Waals surface area (Å²) in [5, 5.41) is 24.9. The number of piperidine rings is 1. The van der Waals surface area contributed by atoms with Gasteiger partial charge < -0.3 is 14.9 Å². The lowest BCUT2D eigenvalue weighted by atomic mass is 9.93. The van der Waals surface area contributed by atoms with Crippen LogP contribution in [0, 0.1) is 24.1 Å². The van der Waals surface area contributed by atoms with Crippen LogP contribution in [0.5, 0.6) is 0 Å². The summed E-state index contributed by atoms with van der Waals surface area (Å²) in [5.41, 5.74) is 4.18. The predicted octanol–water partition coefficient (Wildman–Crippen LogP) is 3.88. The number of fused-ring (bicyclic) bond motifs is 1. The molecule has 2 aliphatic heterocycles. The van der Waals surface area contributed by atoms with Gasteiger partial charge in [0.15, 0.2) is 16.6 Å². The first-order valence-corrected chi connectivity index (χ1v) is 15.0. The normalized spacial score (nSPS) is 16.5. The summed E-state index contributed by atoms with van der Waals surface area (Å²) in [5.74, 6) is 0.746. The number of thiazole rings is 1. The van der Waals surface area contributed by atoms with Crippen LogP contribution in [-0.4, -0.2) is 86.3 Å². The first kappa shape index (κ1) is 28.2. The zero-order valence-electron chi connectivity index (χ0n) is 23.9. The van der Waals surface area contributed by atoms with E-state index in [9.17, 15) is 19.6 Å². The van der Waals surface area contributed by atoms with Gasteiger partial charge in [0.25, 0.3) is 0 Å². The van der Waals surface area contributed by atoms with E-state index >= 15 is 0 Å². The van der Waals surface area contributed by atoms with E-state index in [1.165, 1.54) is 23.5 Å². The van der Waals surface area contributed by atoms with Gasteiger partial charge in [-0.1, -0.05) is 6.92 Å². The number of rotatable bonds is 7. The molecule has 2 saturated heterocycles. The first-order valence-electron chi connectivity index (χ1n) is 14.2. The van der Waals surface area contributed by atoms with Crippen LogP contribution in [-0.2, 0) is 11.2 Å². The number of benzene rings is 1. The summed E-state index contributed by atoms with van der Waals surface area (Å²) >= 11 is 1.50. The Morgan fingerprint density at radius 2 is 1.98 bits per heavy atom. The largest absolute Gasteiger partial charge is 0.389 e. The maximum Gasteiger partial charge on any atom is 0.236 e. The van der Waals surface area contributed by atoms with Crippen molar-refractivity contribution in [1.82, 2.24) is 29.4 Å². The second kappa shape index (κ2) is 11.4. The highest BCUT2D eigenvalue weighted by molar-refractivity contribution is 7.16. The van der Waals surface area contributed by atoms with Crippen molar-refractivity contribution in [1.29, 1.82) is 5.26 Å². The van der Waals surface area contributed by atoms with Crippen LogP contribution < -0.4 is 4.90 Å². The van der Waals surface area contributed by atoms with E-state index in [0.29, 0.717) is 37.3 Å². The van der Waals surface area contributed by atoms with Gasteiger partial charge in [0, 0.05) is 36.5 Å². The lowest BCUT2D eigenvalue weighted by molar-refractivity contribution is -0.142. The Hall–Kier alpha value is -3.92. The lowest BCUT2D eigenvalue weighted by Crippen LogP contribution is -2.56. The molecular weight excluding hydrogens is 555 g/mol. The van der Waals surface area contributed by atoms with E-state index < -0.39 is 5.82 Å². The van der Waals surface area contributed by atoms with Crippen molar-refractivity contribution in [2.24, 2.45) is 0 Å². The molecular formula is C30H33FN8O2S. The minimum atomic E-state index is -0.452. The van der Waals surface area contributed by atoms with Crippen LogP contribution in [0.15, 0.2) is 30.3 Å². The minimum Gasteiger partial charge on any atom is -0.389 e. The molecule has 2 fully saturated rings. The fourth-order valence-corrected chi connectivity index (χ4v) is 6.68. The highest BCUT2D eigenvalue weighted by atomic mass is 32.1. The third-order valence-electron chi connectivity index (χ3n) is 8.21. The maximum absolute atomic E-state index is 13.8. The fraction of sp³-hybridized carbons (Fsp3) is 0.433. The van der Waals surface area contributed by atoms with Gasteiger partial charge in [-0.15, -0.1) is 11.3 Å². The van der Waals surface area contributed by atoms with Gasteiger partial charge in [-0.25, -0.2) is 14.4 Å². The van der Waals surface area contributed by atoms with Crippen molar-refractivity contribution >= 4 is 33.8 Å². The summed E-state index contributed by atoms with van der Waals surface area (Å²) in [4.78, 5) is 29.0. The number of aliphatic hydroxyl groups excluding tert-OH is 1. The Balaban J connectivity index is 1.24. The number of carbonyl (C=O) groups is 1. The van der Waals surface area contributed by atoms with Gasteiger partial charge >= 0.3 is 0 Å². The van der Waals surface area contributed by atoms with E-state index in [4.69, 9.17) is 15.1 Å². The van der Waals surface area contributed by atoms with E-state index in [0.717, 1.165) is 58.8 Å². The zero-order chi connectivity index (χ0) is 29.5. The maximum atomic E-state index is 13.8. The zero-order valence-corrected chi connectivity index (χ0v) is 24.7. The number of amides is 1. The average Bonchev–Trinajstić information content (AvgIpc) is 3.55. The van der Waals surface area contributed by atoms with Crippen molar-refractivity contribution in [2.45, 2.75) is 45.1 Å². The molecule has 0 unspecified atom stereocenters. The molecule has 6 rings (SSSR count). The molecule has 1 aromatic carbocycles. The Kier molecular flexibility index (Phi) is 7.66. The molecule has 5 heterocycles. The van der Waals surface area contributed by atoms with Gasteiger partial charge in [-0.2, -0.15) is 14.9 Å². The molecule has 1 amide bonds. The van der Waals surface area contributed by atoms with Crippen LogP contribution in [0.25, 0.3) is 16.9 Å². The number of aryl methyl sites for hydroxylation is 2. The monoisotopic (exact) mass is 588 g/mol. The van der Waals surface area contributed by atoms with Gasteiger partial charge in [-0.05, 0) is 69.6 Å². The quantitative estimate of drug-likeness (QED) is 0.346. The molecule has 0 radical (unpaired) electrons. The number of aliphatic hydroxyl groups is 1. The molecule has 3 aromatic heterocycles. The average molecular weight is 589 g/mol. The highest BCUT2D eigenvalue weighted by Crippen LogP contribution is 2.38. The smallest absolute Gasteiger partial charge is 0.236 e. The number of halogens is 1. The Morgan fingerprint density at radius 1 is 1.21 bits per heavy atom. The second-order valence-electron chi connectivity index (χ2n) is 11.0. The number of nitriles is 1. The fourth-order valence-electron chi connectivity index (χ4n) is 5.79. The van der Waals surface area contributed by atoms with E-state index in [1.54, 1.807) is 11.0 Å². The van der Waals surface area contributed by atoms with Crippen molar-refractivity contribution in [3.63, 3.8) is 0 Å². The number of likely N-dealkylation sites (tertiary alicyclic amines) is 2. The molecule has 12 heteroatoms. The molecule has 0 saturated carbocycles. The summed E-state index contributed by atoms with van der Waals surface area (Å²) in [6.07, 6.45) is 2.15. The third kappa shape index (κ3) is 5.24. The lowest BCUT2D eigenvalue weighted by Gasteiger charge is -2.38. The van der Waals surface area contributed by atoms with E-state index in [2.05, 4.69) is 24.0 Å². The molecule has 42 heavy (non-hydrogen) atoms. The molecule has 2 aliphatic rings. The van der Waals surface area contributed by atoms with E-state index in [1.807, 2.05) is 29.5 Å². The number of aromatic nitrogens is 4. The molecule has 0 atom stereocenters. The summed E-state index contributed by atoms with van der Waals surface area (Å²) in [7, 11) is 1.95. The number of hydrogen-bond donors (Lipinski definition) is 1. The first-order chi connectivity index (χ1) is 20.2. The molecule has 4 aromatic rings. The van der Waals surface area contributed by atoms with E-state index in [-0.39, 0.29) is 23.5 Å². The number of imidazole rings is 1. The van der Waals surface area contributed by atoms with Crippen molar-refractivity contribution in [3.8, 4) is 17.3 Å². The van der Waals surface area contributed by atoms with Crippen molar-refractivity contribution < 1.29 is 14.3 Å². The van der Waals surface area contributed by atoms with Crippen LogP contribution in [0.1, 0.15) is 47.5 Å². The molecule has 10 nitrogen and oxygen atoms in total. The van der Waals surface area contributed by atoms with Crippen LogP contribution >= 0.6 is 11.3 Å². The Bertz CT molecular complexity index is 1680. The molecule has 218 valence electrons. The third-order valence-corrected chi connectivity index (χ3v) is 9.25. The van der Waals surface area contributed by atoms with Crippen LogP contribution in [0.2, 0.25) is 0 Å². The van der Waals surface area contributed by atoms with Crippen LogP contribution in [0.4, 0.5) is 15.3 Å². The number of nitrogens with zero attached hydrogens (tertiary/aromatic N) is 8. The molecule has 0 spiro atoms. The van der Waals surface area contributed by atoms with Gasteiger partial charge in [0.05, 0.1) is 41.4 Å². The summed E-state index contributed by atoms with van der Waals surface area (Å²) in [6.45, 7) is 6.93. The van der Waals surface area contributed by atoms with Gasteiger partial charge in [-0.3, -0.25) is 9.69 Å². The highest BCUT2D eigenvalue weighted by Gasteiger charge is 2.31.